The van der Waals surface area contributed by atoms with Crippen molar-refractivity contribution in [3.8, 4) is 5.75 Å². The molecule has 0 bridgehead atoms. The predicted octanol–water partition coefficient (Wildman–Crippen LogP) is 3.60. The van der Waals surface area contributed by atoms with Gasteiger partial charge in [0, 0.05) is 0 Å². The first-order valence-electron chi connectivity index (χ1n) is 7.10. The summed E-state index contributed by atoms with van der Waals surface area (Å²) >= 11 is 0. The number of benzene rings is 1. The van der Waals surface area contributed by atoms with Crippen LogP contribution in [0.4, 0.5) is 0 Å². The Bertz CT molecular complexity index is 336. The molecule has 0 saturated heterocycles. The molecule has 0 aliphatic rings. The molecular formula is C16H27NO. The summed E-state index contributed by atoms with van der Waals surface area (Å²) in [6.45, 7) is 8.90. The molecule has 0 aliphatic heterocycles. The van der Waals surface area contributed by atoms with E-state index in [4.69, 9.17) is 0 Å². The Kier molecular flexibility index (Phi) is 6.81. The molecule has 0 heterocycles. The van der Waals surface area contributed by atoms with E-state index in [-0.39, 0.29) is 0 Å². The maximum atomic E-state index is 9.51. The van der Waals surface area contributed by atoms with E-state index < -0.39 is 0 Å². The van der Waals surface area contributed by atoms with Gasteiger partial charge in [-0.05, 0) is 61.9 Å². The van der Waals surface area contributed by atoms with Crippen molar-refractivity contribution >= 4 is 0 Å². The highest BCUT2D eigenvalue weighted by Gasteiger charge is 2.11. The topological polar surface area (TPSA) is 32.3 Å². The normalized spacial score (nSPS) is 12.9. The van der Waals surface area contributed by atoms with Crippen molar-refractivity contribution in [2.75, 3.05) is 13.1 Å². The lowest BCUT2D eigenvalue weighted by Gasteiger charge is -2.19. The minimum Gasteiger partial charge on any atom is -0.508 e. The number of phenols is 1. The molecule has 102 valence electrons. The number of phenolic OH excluding ortho intramolecular Hbond substituents is 1. The molecule has 0 radical (unpaired) electrons. The second kappa shape index (κ2) is 8.15. The van der Waals surface area contributed by atoms with E-state index in [1.54, 1.807) is 6.07 Å². The summed E-state index contributed by atoms with van der Waals surface area (Å²) in [7, 11) is 0. The summed E-state index contributed by atoms with van der Waals surface area (Å²) in [4.78, 5) is 0. The van der Waals surface area contributed by atoms with Crippen molar-refractivity contribution < 1.29 is 5.11 Å². The average Bonchev–Trinajstić information content (AvgIpc) is 2.28. The van der Waals surface area contributed by atoms with Gasteiger partial charge in [0.1, 0.15) is 5.75 Å². The van der Waals surface area contributed by atoms with Gasteiger partial charge >= 0.3 is 0 Å². The third-order valence-electron chi connectivity index (χ3n) is 3.10. The first-order valence-corrected chi connectivity index (χ1v) is 7.10. The molecule has 0 saturated carbocycles. The third-order valence-corrected chi connectivity index (χ3v) is 3.10. The highest BCUT2D eigenvalue weighted by atomic mass is 16.3. The molecule has 1 rings (SSSR count). The number of rotatable bonds is 8. The zero-order valence-corrected chi connectivity index (χ0v) is 11.9. The van der Waals surface area contributed by atoms with Crippen LogP contribution >= 0.6 is 0 Å². The van der Waals surface area contributed by atoms with E-state index in [9.17, 15) is 5.11 Å². The molecule has 2 N–H and O–H groups in total. The Balaban J connectivity index is 2.53. The lowest BCUT2D eigenvalue weighted by atomic mass is 9.91. The van der Waals surface area contributed by atoms with Crippen LogP contribution in [0.15, 0.2) is 24.3 Å². The molecule has 1 aromatic rings. The number of nitrogens with one attached hydrogen (secondary N) is 1. The monoisotopic (exact) mass is 249 g/mol. The first kappa shape index (κ1) is 15.0. The van der Waals surface area contributed by atoms with Crippen LogP contribution in [0.5, 0.6) is 5.75 Å². The summed E-state index contributed by atoms with van der Waals surface area (Å²) in [6, 6.07) is 7.65. The minimum absolute atomic E-state index is 0.373. The van der Waals surface area contributed by atoms with Crippen LogP contribution in [0.1, 0.15) is 39.2 Å². The minimum atomic E-state index is 0.373. The lowest BCUT2D eigenvalue weighted by Crippen LogP contribution is -2.26. The Morgan fingerprint density at radius 1 is 1.28 bits per heavy atom. The summed E-state index contributed by atoms with van der Waals surface area (Å²) < 4.78 is 0. The van der Waals surface area contributed by atoms with E-state index in [1.807, 2.05) is 12.1 Å². The summed E-state index contributed by atoms with van der Waals surface area (Å²) in [5, 5.41) is 13.0. The Morgan fingerprint density at radius 3 is 2.67 bits per heavy atom. The van der Waals surface area contributed by atoms with Gasteiger partial charge < -0.3 is 10.4 Å². The van der Waals surface area contributed by atoms with E-state index >= 15 is 0 Å². The van der Waals surface area contributed by atoms with Crippen molar-refractivity contribution in [2.24, 2.45) is 11.8 Å². The van der Waals surface area contributed by atoms with Gasteiger partial charge in [-0.15, -0.1) is 0 Å². The van der Waals surface area contributed by atoms with Gasteiger partial charge in [-0.1, -0.05) is 32.9 Å². The van der Waals surface area contributed by atoms with Gasteiger partial charge in [0.25, 0.3) is 0 Å². The highest BCUT2D eigenvalue weighted by Crippen LogP contribution is 2.19. The molecular weight excluding hydrogens is 222 g/mol. The fraction of sp³-hybridized carbons (Fsp3) is 0.625. The van der Waals surface area contributed by atoms with Crippen molar-refractivity contribution in [1.29, 1.82) is 0 Å². The molecule has 0 amide bonds. The smallest absolute Gasteiger partial charge is 0.115 e. The van der Waals surface area contributed by atoms with Crippen LogP contribution in [0.2, 0.25) is 0 Å². The molecule has 1 unspecified atom stereocenters. The molecule has 2 nitrogen and oxygen atoms in total. The van der Waals surface area contributed by atoms with Crippen molar-refractivity contribution in [3.05, 3.63) is 29.8 Å². The Labute approximate surface area is 111 Å². The van der Waals surface area contributed by atoms with Gasteiger partial charge in [-0.2, -0.15) is 0 Å². The van der Waals surface area contributed by atoms with Crippen LogP contribution in [-0.4, -0.2) is 18.2 Å². The molecule has 1 atom stereocenters. The lowest BCUT2D eigenvalue weighted by molar-refractivity contribution is 0.385. The molecule has 0 fully saturated rings. The van der Waals surface area contributed by atoms with Crippen LogP contribution in [-0.2, 0) is 6.42 Å². The summed E-state index contributed by atoms with van der Waals surface area (Å²) in [6.07, 6.45) is 3.45. The van der Waals surface area contributed by atoms with E-state index in [0.717, 1.165) is 25.4 Å². The predicted molar refractivity (Wildman–Crippen MR) is 77.9 cm³/mol. The van der Waals surface area contributed by atoms with Crippen LogP contribution in [0.25, 0.3) is 0 Å². The largest absolute Gasteiger partial charge is 0.508 e. The molecule has 18 heavy (non-hydrogen) atoms. The maximum absolute atomic E-state index is 9.51. The second-order valence-electron chi connectivity index (χ2n) is 5.57. The van der Waals surface area contributed by atoms with Crippen LogP contribution in [0.3, 0.4) is 0 Å². The quantitative estimate of drug-likeness (QED) is 0.690. The summed E-state index contributed by atoms with van der Waals surface area (Å²) in [5.74, 6) is 1.74. The zero-order valence-electron chi connectivity index (χ0n) is 11.9. The first-order chi connectivity index (χ1) is 8.61. The Hall–Kier alpha value is -1.02. The standard InChI is InChI=1S/C16H27NO/c1-4-8-17-12-15(9-13(2)3)10-14-6-5-7-16(18)11-14/h5-7,11,13,15,17-18H,4,8-10,12H2,1-3H3. The number of aromatic hydroxyl groups is 1. The van der Waals surface area contributed by atoms with Crippen LogP contribution in [0, 0.1) is 11.8 Å². The number of hydrogen-bond donors (Lipinski definition) is 2. The fourth-order valence-electron chi connectivity index (χ4n) is 2.41. The molecule has 0 spiro atoms. The van der Waals surface area contributed by atoms with Gasteiger partial charge in [0.15, 0.2) is 0 Å². The molecule has 1 aromatic carbocycles. The van der Waals surface area contributed by atoms with Gasteiger partial charge in [0.2, 0.25) is 0 Å². The fourth-order valence-corrected chi connectivity index (χ4v) is 2.41. The third kappa shape index (κ3) is 6.06. The second-order valence-corrected chi connectivity index (χ2v) is 5.57. The number of hydrogen-bond acceptors (Lipinski definition) is 2. The highest BCUT2D eigenvalue weighted by molar-refractivity contribution is 5.27. The van der Waals surface area contributed by atoms with Gasteiger partial charge in [0.05, 0.1) is 0 Å². The Morgan fingerprint density at radius 2 is 2.06 bits per heavy atom. The van der Waals surface area contributed by atoms with E-state index in [1.165, 1.54) is 18.4 Å². The van der Waals surface area contributed by atoms with E-state index in [2.05, 4.69) is 32.2 Å². The van der Waals surface area contributed by atoms with Crippen LogP contribution < -0.4 is 5.32 Å². The van der Waals surface area contributed by atoms with Crippen molar-refractivity contribution in [1.82, 2.24) is 5.32 Å². The van der Waals surface area contributed by atoms with Gasteiger partial charge in [-0.3, -0.25) is 0 Å². The van der Waals surface area contributed by atoms with Gasteiger partial charge in [-0.25, -0.2) is 0 Å². The average molecular weight is 249 g/mol. The maximum Gasteiger partial charge on any atom is 0.115 e. The van der Waals surface area contributed by atoms with E-state index in [0.29, 0.717) is 11.7 Å². The zero-order chi connectivity index (χ0) is 13.4. The molecule has 0 aliphatic carbocycles. The molecule has 0 aromatic heterocycles. The molecule has 2 heteroatoms. The van der Waals surface area contributed by atoms with Crippen molar-refractivity contribution in [2.45, 2.75) is 40.0 Å². The van der Waals surface area contributed by atoms with Crippen molar-refractivity contribution in [3.63, 3.8) is 0 Å². The summed E-state index contributed by atoms with van der Waals surface area (Å²) in [5.41, 5.74) is 1.24. The SMILES string of the molecule is CCCNCC(Cc1cccc(O)c1)CC(C)C.